The van der Waals surface area contributed by atoms with Crippen molar-refractivity contribution >= 4 is 30.2 Å². The molecule has 0 aliphatic rings. The lowest BCUT2D eigenvalue weighted by Crippen LogP contribution is -2.30. The molecule has 0 radical (unpaired) electrons. The third-order valence-corrected chi connectivity index (χ3v) is 9.79. The maximum Gasteiger partial charge on any atom is 0.317 e. The Morgan fingerprint density at radius 2 is 1.54 bits per heavy atom. The summed E-state index contributed by atoms with van der Waals surface area (Å²) in [5.41, 5.74) is 1.22. The van der Waals surface area contributed by atoms with Gasteiger partial charge in [-0.15, -0.1) is 0 Å². The molecule has 0 saturated heterocycles. The Morgan fingerprint density at radius 3 is 2.00 bits per heavy atom. The van der Waals surface area contributed by atoms with Crippen molar-refractivity contribution in [2.75, 3.05) is 0 Å². The minimum atomic E-state index is -3.29. The number of carbonyl (C=O) groups is 1. The molecular weight excluding hydrogens is 361 g/mol. The van der Waals surface area contributed by atoms with Crippen LogP contribution in [0.3, 0.4) is 0 Å². The highest BCUT2D eigenvalue weighted by Gasteiger charge is 2.37. The molecule has 9 heteroatoms. The summed E-state index contributed by atoms with van der Waals surface area (Å²) >= 11 is 0. The smallest absolute Gasteiger partial charge is 0.317 e. The van der Waals surface area contributed by atoms with Gasteiger partial charge in [0.1, 0.15) is 6.61 Å². The lowest BCUT2D eigenvalue weighted by Gasteiger charge is -2.30. The van der Waals surface area contributed by atoms with Crippen molar-refractivity contribution in [3.05, 3.63) is 29.6 Å². The number of pyridine rings is 1. The topological polar surface area (TPSA) is 74.7 Å². The molecule has 0 amide bonds. The molecule has 0 aromatic carbocycles. The first-order chi connectivity index (χ1) is 10.8. The summed E-state index contributed by atoms with van der Waals surface area (Å²) in [6.07, 6.45) is 0.120. The van der Waals surface area contributed by atoms with Crippen molar-refractivity contribution < 1.29 is 22.5 Å². The van der Waals surface area contributed by atoms with Crippen LogP contribution in [-0.4, -0.2) is 27.6 Å². The number of ether oxygens (including phenoxy) is 1. The van der Waals surface area contributed by atoms with E-state index < -0.39 is 24.2 Å². The van der Waals surface area contributed by atoms with Gasteiger partial charge in [-0.25, -0.2) is 0 Å². The first kappa shape index (κ1) is 21.2. The highest BCUT2D eigenvalue weighted by Crippen LogP contribution is 2.55. The summed E-state index contributed by atoms with van der Waals surface area (Å²) in [6, 6.07) is 5.34. The molecule has 24 heavy (non-hydrogen) atoms. The molecule has 136 valence electrons. The standard InChI is InChI=1S/C15H28NO5PSi2/c1-13(17)19-11-14-9-8-10-15(16-14)12-22(18,20-23(2,3)4)21-24(5,6)7/h8-10H,11-12H2,1-7H3. The molecule has 0 aliphatic carbocycles. The van der Waals surface area contributed by atoms with E-state index in [4.69, 9.17) is 13.2 Å². The summed E-state index contributed by atoms with van der Waals surface area (Å²) in [6.45, 7) is 13.3. The van der Waals surface area contributed by atoms with Crippen LogP contribution >= 0.6 is 7.60 Å². The van der Waals surface area contributed by atoms with Crippen LogP contribution in [-0.2, 0) is 35.3 Å². The van der Waals surface area contributed by atoms with Crippen molar-refractivity contribution in [2.45, 2.75) is 59.0 Å². The van der Waals surface area contributed by atoms with Gasteiger partial charge < -0.3 is 13.2 Å². The zero-order valence-corrected chi connectivity index (χ0v) is 18.5. The Bertz CT molecular complexity index is 605. The average Bonchev–Trinajstić information content (AvgIpc) is 2.31. The summed E-state index contributed by atoms with van der Waals surface area (Å²) in [5.74, 6) is -0.364. The van der Waals surface area contributed by atoms with Gasteiger partial charge in [0.25, 0.3) is 0 Å². The fourth-order valence-corrected chi connectivity index (χ4v) is 10.2. The minimum Gasteiger partial charge on any atom is -0.459 e. The first-order valence-electron chi connectivity index (χ1n) is 7.87. The van der Waals surface area contributed by atoms with Crippen molar-refractivity contribution in [2.24, 2.45) is 0 Å². The lowest BCUT2D eigenvalue weighted by atomic mass is 10.3. The van der Waals surface area contributed by atoms with Gasteiger partial charge in [-0.05, 0) is 51.4 Å². The van der Waals surface area contributed by atoms with Crippen LogP contribution in [0.25, 0.3) is 0 Å². The van der Waals surface area contributed by atoms with Crippen LogP contribution in [0, 0.1) is 0 Å². The van der Waals surface area contributed by atoms with E-state index in [0.29, 0.717) is 11.4 Å². The minimum absolute atomic E-state index is 0.0945. The fraction of sp³-hybridized carbons (Fsp3) is 0.600. The first-order valence-corrected chi connectivity index (χ1v) is 16.4. The summed E-state index contributed by atoms with van der Waals surface area (Å²) < 4.78 is 30.1. The Kier molecular flexibility index (Phi) is 7.13. The normalized spacial score (nSPS) is 13.0. The number of hydrogen-bond acceptors (Lipinski definition) is 6. The Morgan fingerprint density at radius 1 is 1.04 bits per heavy atom. The molecule has 0 aliphatic heterocycles. The van der Waals surface area contributed by atoms with Crippen LogP contribution < -0.4 is 0 Å². The monoisotopic (exact) mass is 389 g/mol. The molecule has 1 aromatic heterocycles. The number of esters is 1. The van der Waals surface area contributed by atoms with Crippen LogP contribution in [0.2, 0.25) is 39.3 Å². The van der Waals surface area contributed by atoms with E-state index in [0.717, 1.165) is 0 Å². The SMILES string of the molecule is CC(=O)OCc1cccc(CP(=O)(O[Si](C)(C)C)O[Si](C)(C)C)n1. The lowest BCUT2D eigenvalue weighted by molar-refractivity contribution is -0.142. The molecule has 1 heterocycles. The van der Waals surface area contributed by atoms with Crippen LogP contribution in [0.15, 0.2) is 18.2 Å². The highest BCUT2D eigenvalue weighted by molar-refractivity contribution is 7.56. The second-order valence-electron chi connectivity index (χ2n) is 7.58. The largest absolute Gasteiger partial charge is 0.459 e. The fourth-order valence-electron chi connectivity index (χ4n) is 1.99. The van der Waals surface area contributed by atoms with Crippen molar-refractivity contribution in [1.82, 2.24) is 4.98 Å². The number of hydrogen-bond donors (Lipinski definition) is 0. The molecule has 6 nitrogen and oxygen atoms in total. The zero-order chi connectivity index (χ0) is 18.6. The van der Waals surface area contributed by atoms with E-state index in [-0.39, 0.29) is 18.7 Å². The van der Waals surface area contributed by atoms with Crippen molar-refractivity contribution in [3.63, 3.8) is 0 Å². The Hall–Kier alpha value is -0.796. The van der Waals surface area contributed by atoms with E-state index in [1.54, 1.807) is 18.2 Å². The third-order valence-electron chi connectivity index (χ3n) is 2.47. The molecule has 0 spiro atoms. The molecule has 0 fully saturated rings. The van der Waals surface area contributed by atoms with E-state index >= 15 is 0 Å². The maximum absolute atomic E-state index is 13.3. The number of carbonyl (C=O) groups excluding carboxylic acids is 1. The third kappa shape index (κ3) is 8.89. The average molecular weight is 390 g/mol. The van der Waals surface area contributed by atoms with Gasteiger partial charge in [0.2, 0.25) is 0 Å². The van der Waals surface area contributed by atoms with Gasteiger partial charge in [-0.3, -0.25) is 14.3 Å². The predicted octanol–water partition coefficient (Wildman–Crippen LogP) is 4.54. The molecule has 0 atom stereocenters. The molecule has 1 rings (SSSR count). The number of aromatic nitrogens is 1. The molecule has 1 aromatic rings. The van der Waals surface area contributed by atoms with E-state index in [2.05, 4.69) is 4.98 Å². The molecule has 0 bridgehead atoms. The van der Waals surface area contributed by atoms with Crippen molar-refractivity contribution in [3.8, 4) is 0 Å². The van der Waals surface area contributed by atoms with Crippen LogP contribution in [0.5, 0.6) is 0 Å². The second-order valence-corrected chi connectivity index (χ2v) is 19.0. The van der Waals surface area contributed by atoms with Gasteiger partial charge in [0.15, 0.2) is 16.6 Å². The number of nitrogens with zero attached hydrogens (tertiary/aromatic N) is 1. The number of rotatable bonds is 8. The van der Waals surface area contributed by atoms with Crippen molar-refractivity contribution in [1.29, 1.82) is 0 Å². The molecule has 0 N–H and O–H groups in total. The molecular formula is C15H28NO5PSi2. The van der Waals surface area contributed by atoms with E-state index in [1.807, 2.05) is 39.3 Å². The summed E-state index contributed by atoms with van der Waals surface area (Å²) in [4.78, 5) is 15.3. The van der Waals surface area contributed by atoms with Gasteiger partial charge in [0.05, 0.1) is 17.5 Å². The molecule has 0 unspecified atom stereocenters. The zero-order valence-electron chi connectivity index (χ0n) is 15.6. The summed E-state index contributed by atoms with van der Waals surface area (Å²) in [5, 5.41) is 0. The maximum atomic E-state index is 13.3. The highest BCUT2D eigenvalue weighted by atomic mass is 31.2. The van der Waals surface area contributed by atoms with E-state index in [9.17, 15) is 9.36 Å². The van der Waals surface area contributed by atoms with Gasteiger partial charge in [-0.2, -0.15) is 0 Å². The Labute approximate surface area is 146 Å². The van der Waals surface area contributed by atoms with Gasteiger partial charge in [-0.1, -0.05) is 6.07 Å². The predicted molar refractivity (Wildman–Crippen MR) is 99.9 cm³/mol. The van der Waals surface area contributed by atoms with E-state index in [1.165, 1.54) is 6.92 Å². The summed E-state index contributed by atoms with van der Waals surface area (Å²) in [7, 11) is -7.39. The van der Waals surface area contributed by atoms with Gasteiger partial charge >= 0.3 is 13.6 Å². The molecule has 0 saturated carbocycles. The second kappa shape index (κ2) is 8.06. The van der Waals surface area contributed by atoms with Gasteiger partial charge in [0, 0.05) is 6.92 Å². The Balaban J connectivity index is 2.99. The quantitative estimate of drug-likeness (QED) is 0.369. The van der Waals surface area contributed by atoms with Crippen LogP contribution in [0.4, 0.5) is 0 Å². The van der Waals surface area contributed by atoms with Crippen LogP contribution in [0.1, 0.15) is 18.3 Å².